The second kappa shape index (κ2) is 9.34. The van der Waals surface area contributed by atoms with E-state index in [1.54, 1.807) is 18.4 Å². The number of nitrogens with one attached hydrogen (secondary N) is 2. The van der Waals surface area contributed by atoms with E-state index in [-0.39, 0.29) is 6.04 Å². The molecule has 7 nitrogen and oxygen atoms in total. The molecule has 2 aromatic rings. The van der Waals surface area contributed by atoms with Crippen LogP contribution in [0.15, 0.2) is 21.5 Å². The van der Waals surface area contributed by atoms with Gasteiger partial charge in [0.15, 0.2) is 5.96 Å². The highest BCUT2D eigenvalue weighted by atomic mass is 32.1. The van der Waals surface area contributed by atoms with Crippen LogP contribution in [0, 0.1) is 20.8 Å². The van der Waals surface area contributed by atoms with Gasteiger partial charge in [0.2, 0.25) is 0 Å². The van der Waals surface area contributed by atoms with Crippen LogP contribution in [0.5, 0.6) is 0 Å². The van der Waals surface area contributed by atoms with Crippen molar-refractivity contribution in [2.24, 2.45) is 4.99 Å². The Labute approximate surface area is 164 Å². The van der Waals surface area contributed by atoms with Crippen molar-refractivity contribution in [3.8, 4) is 0 Å². The number of guanidine groups is 1. The Morgan fingerprint density at radius 2 is 2.04 bits per heavy atom. The minimum Gasteiger partial charge on any atom is -0.465 e. The topological polar surface area (TPSA) is 74.9 Å². The Hall–Kier alpha value is -1.90. The highest BCUT2D eigenvalue weighted by molar-refractivity contribution is 7.11. The summed E-state index contributed by atoms with van der Waals surface area (Å²) in [7, 11) is 1.79. The Kier molecular flexibility index (Phi) is 6.87. The Bertz CT molecular complexity index is 764. The zero-order valence-electron chi connectivity index (χ0n) is 16.5. The van der Waals surface area contributed by atoms with Gasteiger partial charge in [-0.15, -0.1) is 11.3 Å². The number of aliphatic imine (C=N–C) groups is 1. The number of morpholine rings is 1. The number of nitrogens with zero attached hydrogens (tertiary/aromatic N) is 3. The molecule has 27 heavy (non-hydrogen) atoms. The first-order valence-corrected chi connectivity index (χ1v) is 10.1. The molecule has 0 amide bonds. The lowest BCUT2D eigenvalue weighted by Crippen LogP contribution is -2.46. The molecule has 0 radical (unpaired) electrons. The Balaban J connectivity index is 1.61. The van der Waals surface area contributed by atoms with Gasteiger partial charge in [-0.1, -0.05) is 0 Å². The summed E-state index contributed by atoms with van der Waals surface area (Å²) in [5.74, 6) is 2.69. The van der Waals surface area contributed by atoms with E-state index in [1.165, 1.54) is 4.88 Å². The van der Waals surface area contributed by atoms with Crippen LogP contribution < -0.4 is 10.6 Å². The lowest BCUT2D eigenvalue weighted by molar-refractivity contribution is 0.0124. The molecular formula is C19H29N5O2S. The summed E-state index contributed by atoms with van der Waals surface area (Å²) >= 11 is 1.72. The van der Waals surface area contributed by atoms with Gasteiger partial charge in [0.1, 0.15) is 11.5 Å². The third-order valence-corrected chi connectivity index (χ3v) is 5.75. The van der Waals surface area contributed by atoms with Crippen molar-refractivity contribution in [3.05, 3.63) is 39.2 Å². The van der Waals surface area contributed by atoms with E-state index in [9.17, 15) is 0 Å². The third kappa shape index (κ3) is 5.31. The van der Waals surface area contributed by atoms with Crippen molar-refractivity contribution in [2.45, 2.75) is 33.4 Å². The number of ether oxygens (including phenoxy) is 1. The van der Waals surface area contributed by atoms with Gasteiger partial charge >= 0.3 is 0 Å². The highest BCUT2D eigenvalue weighted by Crippen LogP contribution is 2.23. The lowest BCUT2D eigenvalue weighted by Gasteiger charge is -2.33. The molecular weight excluding hydrogens is 362 g/mol. The fourth-order valence-corrected chi connectivity index (χ4v) is 4.12. The van der Waals surface area contributed by atoms with Crippen LogP contribution in [-0.2, 0) is 11.3 Å². The minimum atomic E-state index is 0.147. The number of furan rings is 1. The quantitative estimate of drug-likeness (QED) is 0.582. The zero-order valence-corrected chi connectivity index (χ0v) is 17.4. The van der Waals surface area contributed by atoms with E-state index >= 15 is 0 Å². The summed E-state index contributed by atoms with van der Waals surface area (Å²) in [6.07, 6.45) is 0. The molecule has 1 atom stereocenters. The van der Waals surface area contributed by atoms with Crippen LogP contribution >= 0.6 is 11.3 Å². The van der Waals surface area contributed by atoms with Gasteiger partial charge in [-0.05, 0) is 32.9 Å². The van der Waals surface area contributed by atoms with Gasteiger partial charge in [-0.2, -0.15) is 0 Å². The van der Waals surface area contributed by atoms with Crippen LogP contribution in [0.3, 0.4) is 0 Å². The fraction of sp³-hybridized carbons (Fsp3) is 0.579. The van der Waals surface area contributed by atoms with Gasteiger partial charge < -0.3 is 19.8 Å². The fourth-order valence-electron chi connectivity index (χ4n) is 3.25. The lowest BCUT2D eigenvalue weighted by atomic mass is 10.1. The summed E-state index contributed by atoms with van der Waals surface area (Å²) in [6, 6.07) is 4.23. The highest BCUT2D eigenvalue weighted by Gasteiger charge is 2.25. The molecule has 1 unspecified atom stereocenters. The molecule has 0 spiro atoms. The number of aryl methyl sites for hydroxylation is 3. The van der Waals surface area contributed by atoms with Gasteiger partial charge in [-0.25, -0.2) is 4.98 Å². The number of rotatable bonds is 6. The van der Waals surface area contributed by atoms with Gasteiger partial charge in [0.05, 0.1) is 36.5 Å². The standard InChI is InChI=1S/C19H29N5O2S/c1-13-5-6-17(26-13)16(24-7-9-25-10-8-24)11-21-19(20-4)22-12-18-14(2)23-15(3)27-18/h5-6,16H,7-12H2,1-4H3,(H2,20,21,22). The molecule has 2 aromatic heterocycles. The molecule has 1 aliphatic rings. The summed E-state index contributed by atoms with van der Waals surface area (Å²) in [5.41, 5.74) is 1.08. The van der Waals surface area contributed by atoms with Crippen LogP contribution in [0.2, 0.25) is 0 Å². The van der Waals surface area contributed by atoms with E-state index in [0.717, 1.165) is 61.0 Å². The van der Waals surface area contributed by atoms with E-state index in [1.807, 2.05) is 26.8 Å². The zero-order chi connectivity index (χ0) is 19.2. The molecule has 3 rings (SSSR count). The Morgan fingerprint density at radius 3 is 2.63 bits per heavy atom. The SMILES string of the molecule is CN=C(NCc1sc(C)nc1C)NCC(c1ccc(C)o1)N1CCOCC1. The van der Waals surface area contributed by atoms with Crippen molar-refractivity contribution >= 4 is 17.3 Å². The predicted octanol–water partition coefficient (Wildman–Crippen LogP) is 2.40. The minimum absolute atomic E-state index is 0.147. The Morgan fingerprint density at radius 1 is 1.26 bits per heavy atom. The first-order chi connectivity index (χ1) is 13.1. The van der Waals surface area contributed by atoms with E-state index in [4.69, 9.17) is 9.15 Å². The predicted molar refractivity (Wildman–Crippen MR) is 108 cm³/mol. The molecule has 1 saturated heterocycles. The third-order valence-electron chi connectivity index (χ3n) is 4.68. The van der Waals surface area contributed by atoms with Crippen molar-refractivity contribution in [3.63, 3.8) is 0 Å². The van der Waals surface area contributed by atoms with E-state index in [0.29, 0.717) is 6.54 Å². The molecule has 0 saturated carbocycles. The summed E-state index contributed by atoms with van der Waals surface area (Å²) in [6.45, 7) is 10.8. The first kappa shape index (κ1) is 19.9. The first-order valence-electron chi connectivity index (χ1n) is 9.32. The van der Waals surface area contributed by atoms with Crippen molar-refractivity contribution < 1.29 is 9.15 Å². The average molecular weight is 392 g/mol. The van der Waals surface area contributed by atoms with Gasteiger partial charge in [0, 0.05) is 31.6 Å². The van der Waals surface area contributed by atoms with Crippen LogP contribution in [0.1, 0.15) is 33.1 Å². The molecule has 1 fully saturated rings. The molecule has 3 heterocycles. The summed E-state index contributed by atoms with van der Waals surface area (Å²) in [5, 5.41) is 7.93. The second-order valence-electron chi connectivity index (χ2n) is 6.66. The van der Waals surface area contributed by atoms with Crippen LogP contribution in [-0.4, -0.2) is 55.7 Å². The van der Waals surface area contributed by atoms with Crippen molar-refractivity contribution in [2.75, 3.05) is 39.9 Å². The maximum absolute atomic E-state index is 5.92. The van der Waals surface area contributed by atoms with E-state index in [2.05, 4.69) is 31.6 Å². The normalized spacial score (nSPS) is 17.1. The summed E-state index contributed by atoms with van der Waals surface area (Å²) in [4.78, 5) is 12.5. The maximum Gasteiger partial charge on any atom is 0.191 e. The number of aromatic nitrogens is 1. The monoisotopic (exact) mass is 391 g/mol. The maximum atomic E-state index is 5.92. The van der Waals surface area contributed by atoms with Crippen molar-refractivity contribution in [1.29, 1.82) is 0 Å². The van der Waals surface area contributed by atoms with Crippen LogP contribution in [0.4, 0.5) is 0 Å². The molecule has 1 aliphatic heterocycles. The second-order valence-corrected chi connectivity index (χ2v) is 7.95. The smallest absolute Gasteiger partial charge is 0.191 e. The molecule has 0 bridgehead atoms. The number of hydrogen-bond acceptors (Lipinski definition) is 6. The summed E-state index contributed by atoms with van der Waals surface area (Å²) < 4.78 is 11.4. The van der Waals surface area contributed by atoms with E-state index < -0.39 is 0 Å². The largest absolute Gasteiger partial charge is 0.465 e. The molecule has 8 heteroatoms. The molecule has 0 aliphatic carbocycles. The molecule has 2 N–H and O–H groups in total. The molecule has 148 valence electrons. The number of thiazole rings is 1. The van der Waals surface area contributed by atoms with Gasteiger partial charge in [-0.3, -0.25) is 9.89 Å². The van der Waals surface area contributed by atoms with Crippen LogP contribution in [0.25, 0.3) is 0 Å². The van der Waals surface area contributed by atoms with Crippen molar-refractivity contribution in [1.82, 2.24) is 20.5 Å². The number of hydrogen-bond donors (Lipinski definition) is 2. The molecule has 0 aromatic carbocycles. The van der Waals surface area contributed by atoms with Gasteiger partial charge in [0.25, 0.3) is 0 Å². The average Bonchev–Trinajstić information content (AvgIpc) is 3.23.